The number of fused-ring (bicyclic) bond motifs is 1. The van der Waals surface area contributed by atoms with Crippen LogP contribution in [0.25, 0.3) is 11.0 Å². The first-order valence-electron chi connectivity index (χ1n) is 9.90. The van der Waals surface area contributed by atoms with Crippen molar-refractivity contribution in [3.8, 4) is 5.75 Å². The minimum absolute atomic E-state index is 0.127. The lowest BCUT2D eigenvalue weighted by molar-refractivity contribution is 0.0944. The Morgan fingerprint density at radius 1 is 1.14 bits per heavy atom. The summed E-state index contributed by atoms with van der Waals surface area (Å²) in [5, 5.41) is 0.566. The monoisotopic (exact) mass is 412 g/mol. The molecule has 1 aromatic carbocycles. The van der Waals surface area contributed by atoms with Crippen LogP contribution in [0.3, 0.4) is 0 Å². The van der Waals surface area contributed by atoms with Gasteiger partial charge in [-0.15, -0.1) is 0 Å². The smallest absolute Gasteiger partial charge is 0.270 e. The molecule has 152 valence electrons. The Balaban J connectivity index is 1.84. The molecule has 0 aliphatic heterocycles. The summed E-state index contributed by atoms with van der Waals surface area (Å²) in [6.45, 7) is 0. The number of Topliss-reactive ketones (excluding diaryl/α,β-unsaturated/α-hetero) is 1. The van der Waals surface area contributed by atoms with E-state index in [-0.39, 0.29) is 22.0 Å². The molecule has 2 heterocycles. The molecule has 29 heavy (non-hydrogen) atoms. The van der Waals surface area contributed by atoms with Crippen molar-refractivity contribution in [2.24, 2.45) is 5.92 Å². The first-order chi connectivity index (χ1) is 14.0. The van der Waals surface area contributed by atoms with Crippen LogP contribution in [0.5, 0.6) is 5.75 Å². The van der Waals surface area contributed by atoms with Gasteiger partial charge in [-0.3, -0.25) is 4.79 Å². The summed E-state index contributed by atoms with van der Waals surface area (Å²) in [4.78, 5) is 17.6. The number of methoxy groups -OCH3 is 1. The molecule has 0 N–H and O–H groups in total. The maximum atomic E-state index is 13.4. The van der Waals surface area contributed by atoms with Gasteiger partial charge in [0.15, 0.2) is 11.4 Å². The van der Waals surface area contributed by atoms with Gasteiger partial charge in [0.05, 0.1) is 18.2 Å². The van der Waals surface area contributed by atoms with E-state index >= 15 is 0 Å². The number of carbonyl (C=O) groups excluding carboxylic acids is 1. The van der Waals surface area contributed by atoms with Crippen LogP contribution in [0.15, 0.2) is 53.6 Å². The summed E-state index contributed by atoms with van der Waals surface area (Å²) in [7, 11) is -2.44. The number of carbonyl (C=O) groups is 1. The molecule has 0 atom stereocenters. The molecule has 2 aromatic heterocycles. The number of rotatable bonds is 6. The average Bonchev–Trinajstić information content (AvgIpc) is 3.14. The van der Waals surface area contributed by atoms with E-state index < -0.39 is 10.0 Å². The summed E-state index contributed by atoms with van der Waals surface area (Å²) in [6, 6.07) is 11.5. The fraction of sp³-hybridized carbons (Fsp3) is 0.364. The van der Waals surface area contributed by atoms with Gasteiger partial charge in [0.2, 0.25) is 0 Å². The van der Waals surface area contributed by atoms with Crippen molar-refractivity contribution in [1.29, 1.82) is 0 Å². The van der Waals surface area contributed by atoms with Gasteiger partial charge in [0.25, 0.3) is 10.0 Å². The zero-order valence-corrected chi connectivity index (χ0v) is 17.2. The average molecular weight is 413 g/mol. The van der Waals surface area contributed by atoms with E-state index in [2.05, 4.69) is 4.98 Å². The lowest BCUT2D eigenvalue weighted by Crippen LogP contribution is -2.21. The van der Waals surface area contributed by atoms with Crippen molar-refractivity contribution < 1.29 is 17.9 Å². The van der Waals surface area contributed by atoms with Crippen molar-refractivity contribution in [1.82, 2.24) is 8.96 Å². The second-order valence-electron chi connectivity index (χ2n) is 7.53. The maximum absolute atomic E-state index is 13.4. The van der Waals surface area contributed by atoms with Crippen LogP contribution in [0.2, 0.25) is 0 Å². The molecule has 0 amide bonds. The number of hydrogen-bond acceptors (Lipinski definition) is 5. The SMILES string of the molecule is COc1cnc2c(c1)cc(C(=O)CC1CCCCC1)n2S(=O)(=O)c1ccccc1. The van der Waals surface area contributed by atoms with Crippen LogP contribution in [-0.2, 0) is 10.0 Å². The first-order valence-corrected chi connectivity index (χ1v) is 11.3. The van der Waals surface area contributed by atoms with E-state index in [9.17, 15) is 13.2 Å². The van der Waals surface area contributed by atoms with Crippen molar-refractivity contribution in [2.75, 3.05) is 7.11 Å². The Hall–Kier alpha value is -2.67. The Bertz CT molecular complexity index is 1130. The molecule has 1 aliphatic rings. The topological polar surface area (TPSA) is 78.3 Å². The number of aromatic nitrogens is 2. The van der Waals surface area contributed by atoms with Gasteiger partial charge in [-0.2, -0.15) is 0 Å². The Labute approximate surface area is 170 Å². The molecule has 6 nitrogen and oxygen atoms in total. The van der Waals surface area contributed by atoms with Gasteiger partial charge in [-0.25, -0.2) is 17.4 Å². The van der Waals surface area contributed by atoms with Gasteiger partial charge in [-0.1, -0.05) is 50.3 Å². The molecule has 0 saturated heterocycles. The molecule has 1 aliphatic carbocycles. The quantitative estimate of drug-likeness (QED) is 0.560. The number of benzene rings is 1. The Morgan fingerprint density at radius 2 is 1.86 bits per heavy atom. The number of hydrogen-bond donors (Lipinski definition) is 0. The van der Waals surface area contributed by atoms with E-state index in [1.54, 1.807) is 30.3 Å². The number of ether oxygens (including phenoxy) is 1. The van der Waals surface area contributed by atoms with E-state index in [0.717, 1.165) is 29.7 Å². The summed E-state index contributed by atoms with van der Waals surface area (Å²) < 4.78 is 33.2. The highest BCUT2D eigenvalue weighted by atomic mass is 32.2. The molecule has 0 unspecified atom stereocenters. The van der Waals surface area contributed by atoms with E-state index in [0.29, 0.717) is 23.5 Å². The summed E-state index contributed by atoms with van der Waals surface area (Å²) in [5.74, 6) is 0.663. The van der Waals surface area contributed by atoms with Crippen LogP contribution in [0.1, 0.15) is 49.0 Å². The second kappa shape index (κ2) is 7.99. The molecule has 0 spiro atoms. The molecular formula is C22H24N2O4S. The predicted octanol–water partition coefficient (Wildman–Crippen LogP) is 4.44. The fourth-order valence-electron chi connectivity index (χ4n) is 4.05. The predicted molar refractivity (Wildman–Crippen MR) is 111 cm³/mol. The van der Waals surface area contributed by atoms with Crippen molar-refractivity contribution >= 4 is 26.8 Å². The van der Waals surface area contributed by atoms with Gasteiger partial charge >= 0.3 is 0 Å². The highest BCUT2D eigenvalue weighted by molar-refractivity contribution is 7.90. The van der Waals surface area contributed by atoms with Gasteiger partial charge in [0, 0.05) is 11.8 Å². The Kier molecular flexibility index (Phi) is 5.41. The molecule has 4 rings (SSSR count). The van der Waals surface area contributed by atoms with Crippen LogP contribution >= 0.6 is 0 Å². The molecule has 0 radical (unpaired) electrons. The third kappa shape index (κ3) is 3.79. The molecule has 3 aromatic rings. The van der Waals surface area contributed by atoms with Gasteiger partial charge in [0.1, 0.15) is 11.4 Å². The van der Waals surface area contributed by atoms with Crippen LogP contribution in [0.4, 0.5) is 0 Å². The molecule has 7 heteroatoms. The van der Waals surface area contributed by atoms with Crippen molar-refractivity contribution in [3.05, 3.63) is 54.4 Å². The number of nitrogens with zero attached hydrogens (tertiary/aromatic N) is 2. The highest BCUT2D eigenvalue weighted by Gasteiger charge is 2.28. The third-order valence-corrected chi connectivity index (χ3v) is 7.29. The molecule has 1 saturated carbocycles. The van der Waals surface area contributed by atoms with Crippen LogP contribution in [0, 0.1) is 5.92 Å². The van der Waals surface area contributed by atoms with E-state index in [4.69, 9.17) is 4.74 Å². The Morgan fingerprint density at radius 3 is 2.55 bits per heavy atom. The van der Waals surface area contributed by atoms with Crippen LogP contribution in [-0.4, -0.2) is 30.3 Å². The van der Waals surface area contributed by atoms with Crippen LogP contribution < -0.4 is 4.74 Å². The number of pyridine rings is 1. The minimum atomic E-state index is -3.97. The van der Waals surface area contributed by atoms with Crippen molar-refractivity contribution in [2.45, 2.75) is 43.4 Å². The van der Waals surface area contributed by atoms with E-state index in [1.807, 2.05) is 0 Å². The normalized spacial score (nSPS) is 15.5. The summed E-state index contributed by atoms with van der Waals surface area (Å²) >= 11 is 0. The highest BCUT2D eigenvalue weighted by Crippen LogP contribution is 2.31. The lowest BCUT2D eigenvalue weighted by atomic mass is 9.85. The summed E-state index contributed by atoms with van der Waals surface area (Å²) in [5.41, 5.74) is 0.400. The van der Waals surface area contributed by atoms with Gasteiger partial charge in [-0.05, 0) is 30.2 Å². The zero-order valence-electron chi connectivity index (χ0n) is 16.4. The second-order valence-corrected chi connectivity index (χ2v) is 9.32. The standard InChI is InChI=1S/C22H24N2O4S/c1-28-18-13-17-14-20(21(25)12-16-8-4-2-5-9-16)24(22(17)23-15-18)29(26,27)19-10-6-3-7-11-19/h3,6-7,10-11,13-16H,2,4-5,8-9,12H2,1H3. The minimum Gasteiger partial charge on any atom is -0.495 e. The first kappa shape index (κ1) is 19.6. The third-order valence-electron chi connectivity index (χ3n) is 5.58. The number of ketones is 1. The van der Waals surface area contributed by atoms with E-state index in [1.165, 1.54) is 31.9 Å². The van der Waals surface area contributed by atoms with Crippen molar-refractivity contribution in [3.63, 3.8) is 0 Å². The fourth-order valence-corrected chi connectivity index (χ4v) is 5.56. The van der Waals surface area contributed by atoms with Gasteiger partial charge < -0.3 is 4.74 Å². The lowest BCUT2D eigenvalue weighted by Gasteiger charge is -2.21. The summed E-state index contributed by atoms with van der Waals surface area (Å²) in [6.07, 6.45) is 7.32. The molecule has 0 bridgehead atoms. The maximum Gasteiger partial charge on any atom is 0.270 e. The largest absolute Gasteiger partial charge is 0.495 e. The zero-order chi connectivity index (χ0) is 20.4. The molecular weight excluding hydrogens is 388 g/mol. The molecule has 1 fully saturated rings.